The highest BCUT2D eigenvalue weighted by atomic mass is 16.3. The molecular formula is C28H26N4O3. The third-order valence-electron chi connectivity index (χ3n) is 6.28. The van der Waals surface area contributed by atoms with Crippen molar-refractivity contribution in [3.05, 3.63) is 102 Å². The standard InChI is InChI=1S/C28H26N4O3/c1-20-11-13-22(14-12-20)32-19-24(26(29-32)21-7-3-2-4-8-21)28(35)31-17-15-30(16-18-31)27(34)23-9-5-6-10-25(23)33/h2-14,19,33H,15-18H2,1H3. The number of aryl methyl sites for hydroxylation is 1. The Labute approximate surface area is 203 Å². The van der Waals surface area contributed by atoms with Crippen LogP contribution in [0.15, 0.2) is 85.1 Å². The summed E-state index contributed by atoms with van der Waals surface area (Å²) >= 11 is 0. The number of aromatic hydroxyl groups is 1. The SMILES string of the molecule is Cc1ccc(-n2cc(C(=O)N3CCN(C(=O)c4ccccc4O)CC3)c(-c3ccccc3)n2)cc1. The molecule has 0 radical (unpaired) electrons. The smallest absolute Gasteiger partial charge is 0.257 e. The van der Waals surface area contributed by atoms with E-state index in [9.17, 15) is 14.7 Å². The minimum atomic E-state index is -0.229. The van der Waals surface area contributed by atoms with E-state index in [-0.39, 0.29) is 23.1 Å². The van der Waals surface area contributed by atoms with Gasteiger partial charge in [-0.2, -0.15) is 5.10 Å². The number of phenols is 1. The maximum Gasteiger partial charge on any atom is 0.257 e. The lowest BCUT2D eigenvalue weighted by atomic mass is 10.1. The molecule has 1 aliphatic rings. The molecule has 5 rings (SSSR count). The van der Waals surface area contributed by atoms with E-state index in [2.05, 4.69) is 0 Å². The van der Waals surface area contributed by atoms with Crippen LogP contribution in [0, 0.1) is 6.92 Å². The van der Waals surface area contributed by atoms with Crippen molar-refractivity contribution in [2.24, 2.45) is 0 Å². The maximum atomic E-state index is 13.6. The van der Waals surface area contributed by atoms with Crippen molar-refractivity contribution < 1.29 is 14.7 Å². The summed E-state index contributed by atoms with van der Waals surface area (Å²) in [6.45, 7) is 3.63. The van der Waals surface area contributed by atoms with Gasteiger partial charge in [0, 0.05) is 37.9 Å². The van der Waals surface area contributed by atoms with Crippen molar-refractivity contribution in [2.75, 3.05) is 26.2 Å². The van der Waals surface area contributed by atoms with Crippen LogP contribution in [0.25, 0.3) is 16.9 Å². The highest BCUT2D eigenvalue weighted by Crippen LogP contribution is 2.26. The van der Waals surface area contributed by atoms with Crippen LogP contribution in [0.2, 0.25) is 0 Å². The second kappa shape index (κ2) is 9.46. The minimum Gasteiger partial charge on any atom is -0.507 e. The highest BCUT2D eigenvalue weighted by molar-refractivity contribution is 6.00. The van der Waals surface area contributed by atoms with Crippen molar-refractivity contribution in [1.29, 1.82) is 0 Å². The molecule has 0 unspecified atom stereocenters. The van der Waals surface area contributed by atoms with Crippen molar-refractivity contribution >= 4 is 11.8 Å². The molecule has 0 atom stereocenters. The molecule has 0 bridgehead atoms. The number of carbonyl (C=O) groups excluding carboxylic acids is 2. The number of benzene rings is 3. The van der Waals surface area contributed by atoms with E-state index >= 15 is 0 Å². The van der Waals surface area contributed by atoms with Crippen molar-refractivity contribution in [2.45, 2.75) is 6.92 Å². The molecule has 1 aliphatic heterocycles. The number of piperazine rings is 1. The second-order valence-corrected chi connectivity index (χ2v) is 8.64. The summed E-state index contributed by atoms with van der Waals surface area (Å²) in [6, 6.07) is 24.2. The van der Waals surface area contributed by atoms with Gasteiger partial charge in [-0.3, -0.25) is 9.59 Å². The quantitative estimate of drug-likeness (QED) is 0.490. The number of hydrogen-bond donors (Lipinski definition) is 1. The number of phenolic OH excluding ortho intramolecular Hbond substituents is 1. The lowest BCUT2D eigenvalue weighted by Crippen LogP contribution is -2.50. The first-order valence-corrected chi connectivity index (χ1v) is 11.6. The molecule has 2 heterocycles. The van der Waals surface area contributed by atoms with Gasteiger partial charge in [0.05, 0.1) is 16.8 Å². The molecule has 3 aromatic carbocycles. The predicted molar refractivity (Wildman–Crippen MR) is 134 cm³/mol. The van der Waals surface area contributed by atoms with Gasteiger partial charge in [0.25, 0.3) is 11.8 Å². The zero-order valence-corrected chi connectivity index (χ0v) is 19.5. The Balaban J connectivity index is 1.39. The van der Waals surface area contributed by atoms with E-state index in [1.807, 2.05) is 61.5 Å². The summed E-state index contributed by atoms with van der Waals surface area (Å²) in [5.41, 5.74) is 4.33. The van der Waals surface area contributed by atoms with Gasteiger partial charge in [-0.25, -0.2) is 4.68 Å². The van der Waals surface area contributed by atoms with Gasteiger partial charge in [0.15, 0.2) is 0 Å². The van der Waals surface area contributed by atoms with Crippen LogP contribution in [0.3, 0.4) is 0 Å². The first-order valence-electron chi connectivity index (χ1n) is 11.6. The van der Waals surface area contributed by atoms with Gasteiger partial charge in [-0.1, -0.05) is 60.2 Å². The summed E-state index contributed by atoms with van der Waals surface area (Å²) in [6.07, 6.45) is 1.79. The topological polar surface area (TPSA) is 78.7 Å². The lowest BCUT2D eigenvalue weighted by molar-refractivity contribution is 0.0534. The molecular weight excluding hydrogens is 440 g/mol. The minimum absolute atomic E-state index is 0.0352. The van der Waals surface area contributed by atoms with Crippen LogP contribution < -0.4 is 0 Å². The molecule has 1 fully saturated rings. The molecule has 2 amide bonds. The third kappa shape index (κ3) is 4.53. The molecule has 176 valence electrons. The zero-order chi connectivity index (χ0) is 24.4. The van der Waals surface area contributed by atoms with Gasteiger partial charge in [0.1, 0.15) is 11.4 Å². The Morgan fingerprint density at radius 1 is 0.743 bits per heavy atom. The third-order valence-corrected chi connectivity index (χ3v) is 6.28. The lowest BCUT2D eigenvalue weighted by Gasteiger charge is -2.34. The Bertz CT molecular complexity index is 1350. The maximum absolute atomic E-state index is 13.6. The molecule has 0 saturated carbocycles. The largest absolute Gasteiger partial charge is 0.507 e. The normalized spacial score (nSPS) is 13.6. The fraction of sp³-hybridized carbons (Fsp3) is 0.179. The van der Waals surface area contributed by atoms with E-state index < -0.39 is 0 Å². The van der Waals surface area contributed by atoms with E-state index in [0.717, 1.165) is 16.8 Å². The molecule has 1 aromatic heterocycles. The molecule has 1 N–H and O–H groups in total. The van der Waals surface area contributed by atoms with Gasteiger partial charge >= 0.3 is 0 Å². The summed E-state index contributed by atoms with van der Waals surface area (Å²) in [7, 11) is 0. The van der Waals surface area contributed by atoms with Crippen LogP contribution in [-0.2, 0) is 0 Å². The molecule has 0 spiro atoms. The highest BCUT2D eigenvalue weighted by Gasteiger charge is 2.29. The van der Waals surface area contributed by atoms with Gasteiger partial charge in [-0.15, -0.1) is 0 Å². The second-order valence-electron chi connectivity index (χ2n) is 8.64. The van der Waals surface area contributed by atoms with E-state index in [4.69, 9.17) is 5.10 Å². The Morgan fingerprint density at radius 3 is 1.94 bits per heavy atom. The average molecular weight is 467 g/mol. The van der Waals surface area contributed by atoms with Gasteiger partial charge < -0.3 is 14.9 Å². The number of hydrogen-bond acceptors (Lipinski definition) is 4. The Hall–Kier alpha value is -4.39. The Kier molecular flexibility index (Phi) is 6.06. The number of nitrogens with zero attached hydrogens (tertiary/aromatic N) is 4. The van der Waals surface area contributed by atoms with Crippen molar-refractivity contribution in [3.63, 3.8) is 0 Å². The van der Waals surface area contributed by atoms with E-state index in [0.29, 0.717) is 37.4 Å². The van der Waals surface area contributed by atoms with Crippen LogP contribution in [0.4, 0.5) is 0 Å². The molecule has 7 nitrogen and oxygen atoms in total. The number of aromatic nitrogens is 2. The summed E-state index contributed by atoms with van der Waals surface area (Å²) in [4.78, 5) is 29.9. The summed E-state index contributed by atoms with van der Waals surface area (Å²) in [5.74, 6) is -0.378. The van der Waals surface area contributed by atoms with Gasteiger partial charge in [0.2, 0.25) is 0 Å². The molecule has 7 heteroatoms. The Morgan fingerprint density at radius 2 is 1.31 bits per heavy atom. The number of amides is 2. The summed E-state index contributed by atoms with van der Waals surface area (Å²) in [5, 5.41) is 14.8. The fourth-order valence-corrected chi connectivity index (χ4v) is 4.28. The molecule has 1 saturated heterocycles. The number of rotatable bonds is 4. The number of carbonyl (C=O) groups is 2. The average Bonchev–Trinajstić information content (AvgIpc) is 3.35. The molecule has 35 heavy (non-hydrogen) atoms. The zero-order valence-electron chi connectivity index (χ0n) is 19.5. The number of para-hydroxylation sites is 1. The first-order chi connectivity index (χ1) is 17.0. The van der Waals surface area contributed by atoms with Crippen LogP contribution in [0.1, 0.15) is 26.3 Å². The fourth-order valence-electron chi connectivity index (χ4n) is 4.28. The van der Waals surface area contributed by atoms with E-state index in [1.165, 1.54) is 6.07 Å². The van der Waals surface area contributed by atoms with Crippen LogP contribution in [0.5, 0.6) is 5.75 Å². The predicted octanol–water partition coefficient (Wildman–Crippen LogP) is 4.15. The monoisotopic (exact) mass is 466 g/mol. The first kappa shape index (κ1) is 22.4. The van der Waals surface area contributed by atoms with Gasteiger partial charge in [-0.05, 0) is 31.2 Å². The van der Waals surface area contributed by atoms with Crippen molar-refractivity contribution in [1.82, 2.24) is 19.6 Å². The molecule has 0 aliphatic carbocycles. The molecule has 4 aromatic rings. The van der Waals surface area contributed by atoms with E-state index in [1.54, 1.807) is 38.9 Å². The van der Waals surface area contributed by atoms with Crippen LogP contribution >= 0.6 is 0 Å². The van der Waals surface area contributed by atoms with Crippen molar-refractivity contribution in [3.8, 4) is 22.7 Å². The summed E-state index contributed by atoms with van der Waals surface area (Å²) < 4.78 is 1.74. The van der Waals surface area contributed by atoms with Crippen LogP contribution in [-0.4, -0.2) is 62.7 Å².